The van der Waals surface area contributed by atoms with Gasteiger partial charge in [-0.05, 0) is 63.6 Å². The highest BCUT2D eigenvalue weighted by atomic mass is 16.6. The van der Waals surface area contributed by atoms with Crippen molar-refractivity contribution >= 4 is 17.0 Å². The maximum Gasteiger partial charge on any atom is 0.410 e. The first-order valence-electron chi connectivity index (χ1n) is 8.67. The number of ether oxygens (including phenoxy) is 1. The Morgan fingerprint density at radius 1 is 1.21 bits per heavy atom. The smallest absolute Gasteiger partial charge is 0.410 e. The predicted octanol–water partition coefficient (Wildman–Crippen LogP) is 4.66. The molecule has 1 saturated heterocycles. The summed E-state index contributed by atoms with van der Waals surface area (Å²) in [5, 5.41) is 1.24. The van der Waals surface area contributed by atoms with Crippen LogP contribution in [0.15, 0.2) is 30.5 Å². The number of hydrogen-bond donors (Lipinski definition) is 0. The van der Waals surface area contributed by atoms with Crippen molar-refractivity contribution in [1.29, 1.82) is 0 Å². The summed E-state index contributed by atoms with van der Waals surface area (Å²) in [4.78, 5) is 18.6. The number of amides is 1. The van der Waals surface area contributed by atoms with Gasteiger partial charge >= 0.3 is 6.09 Å². The number of hydrogen-bond acceptors (Lipinski definition) is 3. The molecule has 1 amide bonds. The van der Waals surface area contributed by atoms with E-state index in [9.17, 15) is 4.79 Å². The van der Waals surface area contributed by atoms with E-state index in [0.29, 0.717) is 5.92 Å². The van der Waals surface area contributed by atoms with Crippen LogP contribution in [0, 0.1) is 6.92 Å². The van der Waals surface area contributed by atoms with Gasteiger partial charge in [0.2, 0.25) is 0 Å². The van der Waals surface area contributed by atoms with Crippen molar-refractivity contribution in [2.75, 3.05) is 13.1 Å². The molecule has 1 fully saturated rings. The summed E-state index contributed by atoms with van der Waals surface area (Å²) >= 11 is 0. The van der Waals surface area contributed by atoms with Crippen LogP contribution in [-0.4, -0.2) is 34.7 Å². The second-order valence-corrected chi connectivity index (χ2v) is 7.61. The molecule has 0 radical (unpaired) electrons. The molecule has 0 saturated carbocycles. The van der Waals surface area contributed by atoms with Crippen LogP contribution in [0.2, 0.25) is 0 Å². The zero-order valence-electron chi connectivity index (χ0n) is 15.0. The van der Waals surface area contributed by atoms with Gasteiger partial charge in [0.05, 0.1) is 5.52 Å². The molecule has 0 unspecified atom stereocenters. The van der Waals surface area contributed by atoms with Crippen molar-refractivity contribution in [2.45, 2.75) is 52.1 Å². The summed E-state index contributed by atoms with van der Waals surface area (Å²) in [7, 11) is 0. The average Bonchev–Trinajstić information content (AvgIpc) is 2.54. The third-order valence-corrected chi connectivity index (χ3v) is 4.59. The lowest BCUT2D eigenvalue weighted by Gasteiger charge is -2.34. The number of carbonyl (C=O) groups is 1. The summed E-state index contributed by atoms with van der Waals surface area (Å²) in [6, 6.07) is 8.55. The minimum atomic E-state index is -0.438. The van der Waals surface area contributed by atoms with E-state index in [-0.39, 0.29) is 6.09 Å². The fraction of sp³-hybridized carbons (Fsp3) is 0.500. The molecule has 1 aromatic carbocycles. The minimum absolute atomic E-state index is 0.198. The number of fused-ring (bicyclic) bond motifs is 1. The number of piperidine rings is 1. The quantitative estimate of drug-likeness (QED) is 0.765. The Hall–Kier alpha value is -2.10. The van der Waals surface area contributed by atoms with Gasteiger partial charge in [-0.15, -0.1) is 0 Å². The molecular weight excluding hydrogens is 300 g/mol. The van der Waals surface area contributed by atoms with E-state index in [1.54, 1.807) is 0 Å². The van der Waals surface area contributed by atoms with Gasteiger partial charge in [-0.2, -0.15) is 0 Å². The van der Waals surface area contributed by atoms with Gasteiger partial charge in [0.1, 0.15) is 5.60 Å². The van der Waals surface area contributed by atoms with Crippen molar-refractivity contribution in [3.8, 4) is 0 Å². The van der Waals surface area contributed by atoms with Gasteiger partial charge in [-0.1, -0.05) is 18.2 Å². The number of pyridine rings is 1. The Balaban J connectivity index is 1.74. The Bertz CT molecular complexity index is 741. The summed E-state index contributed by atoms with van der Waals surface area (Å²) in [5.41, 5.74) is 3.21. The maximum absolute atomic E-state index is 12.2. The topological polar surface area (TPSA) is 42.4 Å². The van der Waals surface area contributed by atoms with Gasteiger partial charge < -0.3 is 9.64 Å². The van der Waals surface area contributed by atoms with Crippen LogP contribution >= 0.6 is 0 Å². The first-order valence-corrected chi connectivity index (χ1v) is 8.67. The second-order valence-electron chi connectivity index (χ2n) is 7.61. The minimum Gasteiger partial charge on any atom is -0.444 e. The SMILES string of the molecule is Cc1ccc(C2CCN(C(=O)OC(C)(C)C)CC2)c2cccnc12. The molecule has 1 aliphatic rings. The summed E-state index contributed by atoms with van der Waals surface area (Å²) < 4.78 is 5.48. The average molecular weight is 326 g/mol. The van der Waals surface area contributed by atoms with Crippen LogP contribution in [-0.2, 0) is 4.74 Å². The Labute approximate surface area is 143 Å². The van der Waals surface area contributed by atoms with E-state index < -0.39 is 5.60 Å². The molecule has 0 bridgehead atoms. The molecule has 0 spiro atoms. The number of rotatable bonds is 1. The van der Waals surface area contributed by atoms with Gasteiger partial charge in [-0.3, -0.25) is 4.98 Å². The van der Waals surface area contributed by atoms with Crippen molar-refractivity contribution in [2.24, 2.45) is 0 Å². The molecular formula is C20H26N2O2. The zero-order valence-corrected chi connectivity index (χ0v) is 15.0. The van der Waals surface area contributed by atoms with Crippen molar-refractivity contribution < 1.29 is 9.53 Å². The molecule has 3 rings (SSSR count). The Kier molecular flexibility index (Phi) is 4.48. The van der Waals surface area contributed by atoms with E-state index >= 15 is 0 Å². The fourth-order valence-electron chi connectivity index (χ4n) is 3.39. The molecule has 0 atom stereocenters. The molecule has 4 nitrogen and oxygen atoms in total. The molecule has 24 heavy (non-hydrogen) atoms. The van der Waals surface area contributed by atoms with E-state index in [0.717, 1.165) is 31.4 Å². The van der Waals surface area contributed by atoms with E-state index in [1.807, 2.05) is 37.9 Å². The summed E-state index contributed by atoms with van der Waals surface area (Å²) in [6.07, 6.45) is 3.58. The zero-order chi connectivity index (χ0) is 17.3. The largest absolute Gasteiger partial charge is 0.444 e. The number of likely N-dealkylation sites (tertiary alicyclic amines) is 1. The molecule has 0 aliphatic carbocycles. The van der Waals surface area contributed by atoms with Crippen molar-refractivity contribution in [3.05, 3.63) is 41.6 Å². The fourth-order valence-corrected chi connectivity index (χ4v) is 3.39. The van der Waals surface area contributed by atoms with Crippen LogP contribution in [0.5, 0.6) is 0 Å². The van der Waals surface area contributed by atoms with Crippen LogP contribution in [0.1, 0.15) is 50.7 Å². The van der Waals surface area contributed by atoms with Crippen molar-refractivity contribution in [3.63, 3.8) is 0 Å². The van der Waals surface area contributed by atoms with Gasteiger partial charge in [0.15, 0.2) is 0 Å². The van der Waals surface area contributed by atoms with Gasteiger partial charge in [0, 0.05) is 24.7 Å². The lowest BCUT2D eigenvalue weighted by molar-refractivity contribution is 0.0205. The van der Waals surface area contributed by atoms with E-state index in [1.165, 1.54) is 16.5 Å². The number of aryl methyl sites for hydroxylation is 1. The molecule has 4 heteroatoms. The van der Waals surface area contributed by atoms with Crippen LogP contribution < -0.4 is 0 Å². The highest BCUT2D eigenvalue weighted by Crippen LogP contribution is 2.33. The predicted molar refractivity (Wildman–Crippen MR) is 96.3 cm³/mol. The third kappa shape index (κ3) is 3.53. The maximum atomic E-state index is 12.2. The molecule has 1 aromatic heterocycles. The number of nitrogens with zero attached hydrogens (tertiary/aromatic N) is 2. The van der Waals surface area contributed by atoms with Crippen LogP contribution in [0.3, 0.4) is 0 Å². The van der Waals surface area contributed by atoms with E-state index in [2.05, 4.69) is 30.1 Å². The number of aromatic nitrogens is 1. The number of benzene rings is 1. The number of carbonyl (C=O) groups excluding carboxylic acids is 1. The standard InChI is InChI=1S/C20H26N2O2/c1-14-7-8-16(17-6-5-11-21-18(14)17)15-9-12-22(13-10-15)19(23)24-20(2,3)4/h5-8,11,15H,9-10,12-13H2,1-4H3. The van der Waals surface area contributed by atoms with E-state index in [4.69, 9.17) is 4.74 Å². The lowest BCUT2D eigenvalue weighted by Crippen LogP contribution is -2.41. The molecule has 2 heterocycles. The van der Waals surface area contributed by atoms with Gasteiger partial charge in [0.25, 0.3) is 0 Å². The molecule has 128 valence electrons. The molecule has 2 aromatic rings. The normalized spacial score (nSPS) is 16.4. The van der Waals surface area contributed by atoms with Crippen LogP contribution in [0.4, 0.5) is 4.79 Å². The molecule has 1 aliphatic heterocycles. The first kappa shape index (κ1) is 16.7. The van der Waals surface area contributed by atoms with Crippen molar-refractivity contribution in [1.82, 2.24) is 9.88 Å². The molecule has 0 N–H and O–H groups in total. The second kappa shape index (κ2) is 6.42. The third-order valence-electron chi connectivity index (χ3n) is 4.59. The Morgan fingerprint density at radius 2 is 1.92 bits per heavy atom. The highest BCUT2D eigenvalue weighted by Gasteiger charge is 2.28. The summed E-state index contributed by atoms with van der Waals surface area (Å²) in [5.74, 6) is 0.469. The first-order chi connectivity index (χ1) is 11.3. The lowest BCUT2D eigenvalue weighted by atomic mass is 9.86. The Morgan fingerprint density at radius 3 is 2.58 bits per heavy atom. The summed E-state index contributed by atoms with van der Waals surface area (Å²) in [6.45, 7) is 9.31. The highest BCUT2D eigenvalue weighted by molar-refractivity contribution is 5.85. The monoisotopic (exact) mass is 326 g/mol. The van der Waals surface area contributed by atoms with Gasteiger partial charge in [-0.25, -0.2) is 4.79 Å². The van der Waals surface area contributed by atoms with Crippen LogP contribution in [0.25, 0.3) is 10.9 Å².